The first-order valence-corrected chi connectivity index (χ1v) is 12.9. The summed E-state index contributed by atoms with van der Waals surface area (Å²) in [6.07, 6.45) is -5.95. The van der Waals surface area contributed by atoms with Crippen molar-refractivity contribution in [1.29, 1.82) is 0 Å². The molecule has 6 nitrogen and oxygen atoms in total. The normalized spacial score (nSPS) is 18.5. The number of nitrogens with zero attached hydrogens (tertiary/aromatic N) is 4. The first-order valence-electron chi connectivity index (χ1n) is 12.9. The molecule has 2 aromatic carbocycles. The number of carbonyl (C=O) groups is 2. The monoisotopic (exact) mass is 596 g/mol. The lowest BCUT2D eigenvalue weighted by Gasteiger charge is -2.41. The lowest BCUT2D eigenvalue weighted by atomic mass is 9.78. The Labute approximate surface area is 237 Å². The first-order chi connectivity index (χ1) is 19.6. The molecule has 42 heavy (non-hydrogen) atoms. The first kappa shape index (κ1) is 30.9. The quantitative estimate of drug-likeness (QED) is 0.319. The van der Waals surface area contributed by atoms with Crippen molar-refractivity contribution in [2.45, 2.75) is 44.6 Å². The Morgan fingerprint density at radius 2 is 1.57 bits per heavy atom. The molecule has 0 radical (unpaired) electrons. The summed E-state index contributed by atoms with van der Waals surface area (Å²) in [5.74, 6) is -2.85. The minimum absolute atomic E-state index is 0.0376. The second kappa shape index (κ2) is 11.7. The van der Waals surface area contributed by atoms with Gasteiger partial charge in [-0.15, -0.1) is 0 Å². The van der Waals surface area contributed by atoms with Crippen molar-refractivity contribution in [2.75, 3.05) is 20.1 Å². The minimum Gasteiger partial charge on any atom is -0.339 e. The van der Waals surface area contributed by atoms with Crippen LogP contribution < -0.4 is 0 Å². The van der Waals surface area contributed by atoms with E-state index in [9.17, 15) is 40.3 Å². The summed E-state index contributed by atoms with van der Waals surface area (Å²) in [4.78, 5) is 37.4. The molecular weight excluding hydrogens is 569 g/mol. The fraction of sp³-hybridized carbons (Fsp3) is 0.379. The molecule has 0 saturated carbocycles. The number of likely N-dealkylation sites (tertiary alicyclic amines) is 1. The van der Waals surface area contributed by atoms with Gasteiger partial charge in [-0.1, -0.05) is 6.07 Å². The third-order valence-corrected chi connectivity index (χ3v) is 7.68. The van der Waals surface area contributed by atoms with Crippen LogP contribution in [0.25, 0.3) is 0 Å². The summed E-state index contributed by atoms with van der Waals surface area (Å²) in [5.41, 5.74) is -1.94. The third kappa shape index (κ3) is 6.55. The molecule has 13 heteroatoms. The molecule has 0 spiro atoms. The van der Waals surface area contributed by atoms with E-state index >= 15 is 0 Å². The number of alkyl halides is 6. The number of piperidine rings is 1. The molecule has 4 rings (SSSR count). The Morgan fingerprint density at radius 1 is 0.976 bits per heavy atom. The summed E-state index contributed by atoms with van der Waals surface area (Å²) in [6, 6.07) is 4.12. The maximum atomic E-state index is 13.9. The largest absolute Gasteiger partial charge is 0.416 e. The molecule has 0 bridgehead atoms. The summed E-state index contributed by atoms with van der Waals surface area (Å²) >= 11 is 0. The van der Waals surface area contributed by atoms with E-state index in [1.165, 1.54) is 55.8 Å². The highest BCUT2D eigenvalue weighted by atomic mass is 19.4. The SMILES string of the molecule is Cc1cc(F)ccc1C1CN(C(=O)c2cncnc2)CC[C@@H]1C(=O)N(C)[C@@H](C)c1cc(C(F)(F)F)cc(C(F)(F)F)c1. The summed E-state index contributed by atoms with van der Waals surface area (Å²) in [6.45, 7) is 3.20. The highest BCUT2D eigenvalue weighted by Gasteiger charge is 2.41. The second-order valence-electron chi connectivity index (χ2n) is 10.3. The maximum Gasteiger partial charge on any atom is 0.416 e. The van der Waals surface area contributed by atoms with E-state index in [0.717, 1.165) is 4.90 Å². The van der Waals surface area contributed by atoms with Crippen LogP contribution in [0, 0.1) is 18.7 Å². The number of benzene rings is 2. The van der Waals surface area contributed by atoms with Gasteiger partial charge in [0.05, 0.1) is 22.7 Å². The zero-order valence-corrected chi connectivity index (χ0v) is 22.8. The molecule has 1 aliphatic heterocycles. The zero-order valence-electron chi connectivity index (χ0n) is 22.8. The van der Waals surface area contributed by atoms with Gasteiger partial charge in [-0.3, -0.25) is 9.59 Å². The molecule has 2 amide bonds. The molecule has 3 aromatic rings. The van der Waals surface area contributed by atoms with Gasteiger partial charge in [0, 0.05) is 44.4 Å². The fourth-order valence-corrected chi connectivity index (χ4v) is 5.29. The maximum absolute atomic E-state index is 13.9. The Kier molecular flexibility index (Phi) is 8.60. The lowest BCUT2D eigenvalue weighted by Crippen LogP contribution is -2.48. The van der Waals surface area contributed by atoms with Gasteiger partial charge in [-0.2, -0.15) is 26.3 Å². The Morgan fingerprint density at radius 3 is 2.12 bits per heavy atom. The molecule has 1 aliphatic rings. The average molecular weight is 597 g/mol. The smallest absolute Gasteiger partial charge is 0.339 e. The molecule has 3 atom stereocenters. The van der Waals surface area contributed by atoms with Crippen LogP contribution in [0.15, 0.2) is 55.1 Å². The summed E-state index contributed by atoms with van der Waals surface area (Å²) in [5, 5.41) is 0. The molecule has 224 valence electrons. The number of hydrogen-bond donors (Lipinski definition) is 0. The van der Waals surface area contributed by atoms with Crippen molar-refractivity contribution >= 4 is 11.8 Å². The number of aromatic nitrogens is 2. The standard InChI is InChI=1S/C29H27F7N4O2/c1-16-8-22(30)4-5-23(16)25-14-40(26(41)19-12-37-15-38-13-19)7-6-24(25)27(42)39(3)17(2)18-9-20(28(31,32)33)11-21(10-18)29(34,35)36/h4-5,8-13,15,17,24-25H,6-7,14H2,1-3H3/t17-,24-,25?/m0/s1. The van der Waals surface area contributed by atoms with E-state index in [4.69, 9.17) is 0 Å². The van der Waals surface area contributed by atoms with Gasteiger partial charge < -0.3 is 9.80 Å². The van der Waals surface area contributed by atoms with Crippen LogP contribution in [-0.2, 0) is 17.1 Å². The van der Waals surface area contributed by atoms with Gasteiger partial charge in [0.15, 0.2) is 0 Å². The van der Waals surface area contributed by atoms with E-state index in [1.807, 2.05) is 0 Å². The van der Waals surface area contributed by atoms with Crippen molar-refractivity contribution in [3.05, 3.63) is 94.3 Å². The fourth-order valence-electron chi connectivity index (χ4n) is 5.29. The number of amides is 2. The molecule has 0 N–H and O–H groups in total. The molecule has 2 heterocycles. The third-order valence-electron chi connectivity index (χ3n) is 7.68. The van der Waals surface area contributed by atoms with Crippen molar-refractivity contribution < 1.29 is 40.3 Å². The van der Waals surface area contributed by atoms with Gasteiger partial charge in [-0.05, 0) is 67.3 Å². The number of halogens is 7. The van der Waals surface area contributed by atoms with Gasteiger partial charge in [0.1, 0.15) is 12.1 Å². The van der Waals surface area contributed by atoms with E-state index < -0.39 is 53.1 Å². The second-order valence-corrected chi connectivity index (χ2v) is 10.3. The number of aryl methyl sites for hydroxylation is 1. The zero-order chi connectivity index (χ0) is 31.0. The van der Waals surface area contributed by atoms with Crippen molar-refractivity contribution in [2.24, 2.45) is 5.92 Å². The van der Waals surface area contributed by atoms with E-state index in [1.54, 1.807) is 6.92 Å². The van der Waals surface area contributed by atoms with E-state index in [0.29, 0.717) is 23.3 Å². The van der Waals surface area contributed by atoms with Crippen LogP contribution in [0.5, 0.6) is 0 Å². The Bertz CT molecular complexity index is 1430. The highest BCUT2D eigenvalue weighted by Crippen LogP contribution is 2.40. The Hall–Kier alpha value is -4.03. The van der Waals surface area contributed by atoms with E-state index in [-0.39, 0.29) is 42.6 Å². The van der Waals surface area contributed by atoms with Crippen LogP contribution >= 0.6 is 0 Å². The van der Waals surface area contributed by atoms with E-state index in [2.05, 4.69) is 9.97 Å². The average Bonchev–Trinajstić information content (AvgIpc) is 2.94. The van der Waals surface area contributed by atoms with Crippen LogP contribution in [0.3, 0.4) is 0 Å². The van der Waals surface area contributed by atoms with Crippen LogP contribution in [0.1, 0.15) is 63.5 Å². The molecule has 1 aromatic heterocycles. The predicted octanol–water partition coefficient (Wildman–Crippen LogP) is 6.43. The van der Waals surface area contributed by atoms with Crippen LogP contribution in [0.4, 0.5) is 30.7 Å². The predicted molar refractivity (Wildman–Crippen MR) is 138 cm³/mol. The van der Waals surface area contributed by atoms with Gasteiger partial charge in [0.25, 0.3) is 5.91 Å². The molecule has 1 saturated heterocycles. The van der Waals surface area contributed by atoms with Crippen molar-refractivity contribution in [1.82, 2.24) is 19.8 Å². The molecule has 1 fully saturated rings. The van der Waals surface area contributed by atoms with Gasteiger partial charge in [0.2, 0.25) is 5.91 Å². The number of carbonyl (C=O) groups excluding carboxylic acids is 2. The highest BCUT2D eigenvalue weighted by molar-refractivity contribution is 5.94. The summed E-state index contributed by atoms with van der Waals surface area (Å²) in [7, 11) is 1.31. The number of rotatable bonds is 5. The van der Waals surface area contributed by atoms with Crippen molar-refractivity contribution in [3.8, 4) is 0 Å². The van der Waals surface area contributed by atoms with Gasteiger partial charge >= 0.3 is 12.4 Å². The topological polar surface area (TPSA) is 66.4 Å². The van der Waals surface area contributed by atoms with Crippen LogP contribution in [0.2, 0.25) is 0 Å². The van der Waals surface area contributed by atoms with Crippen molar-refractivity contribution in [3.63, 3.8) is 0 Å². The minimum atomic E-state index is -5.04. The van der Waals surface area contributed by atoms with Crippen LogP contribution in [-0.4, -0.2) is 51.7 Å². The lowest BCUT2D eigenvalue weighted by molar-refractivity contribution is -0.143. The van der Waals surface area contributed by atoms with Gasteiger partial charge in [-0.25, -0.2) is 14.4 Å². The molecule has 0 aliphatic carbocycles. The Balaban J connectivity index is 1.67. The molecule has 1 unspecified atom stereocenters. The number of hydrogen-bond acceptors (Lipinski definition) is 4. The summed E-state index contributed by atoms with van der Waals surface area (Å²) < 4.78 is 94.7. The molecular formula is C29H27F7N4O2.